The van der Waals surface area contributed by atoms with Gasteiger partial charge >= 0.3 is 0 Å². The average molecular weight is 391 g/mol. The first-order valence-corrected chi connectivity index (χ1v) is 11.4. The summed E-state index contributed by atoms with van der Waals surface area (Å²) in [6.45, 7) is 9.57. The molecule has 4 aliphatic rings. The molecule has 28 heavy (non-hydrogen) atoms. The van der Waals surface area contributed by atoms with Crippen LogP contribution in [0.15, 0.2) is 11.6 Å². The molecule has 0 bridgehead atoms. The van der Waals surface area contributed by atoms with Crippen molar-refractivity contribution in [1.29, 1.82) is 0 Å². The van der Waals surface area contributed by atoms with Crippen molar-refractivity contribution < 1.29 is 19.7 Å². The monoisotopic (exact) mass is 390 g/mol. The molecular weight excluding hydrogens is 352 g/mol. The van der Waals surface area contributed by atoms with Crippen LogP contribution in [0.25, 0.3) is 0 Å². The Kier molecular flexibility index (Phi) is 5.29. The van der Waals surface area contributed by atoms with E-state index in [1.807, 2.05) is 6.08 Å². The quantitative estimate of drug-likeness (QED) is 0.767. The summed E-state index contributed by atoms with van der Waals surface area (Å²) < 4.78 is 5.95. The summed E-state index contributed by atoms with van der Waals surface area (Å²) in [7, 11) is 0. The number of rotatable bonds is 4. The summed E-state index contributed by atoms with van der Waals surface area (Å²) >= 11 is 0. The van der Waals surface area contributed by atoms with Crippen molar-refractivity contribution in [2.45, 2.75) is 78.4 Å². The number of carbonyl (C=O) groups is 1. The minimum atomic E-state index is -0.334. The molecule has 0 amide bonds. The fourth-order valence-electron chi connectivity index (χ4n) is 8.15. The predicted molar refractivity (Wildman–Crippen MR) is 109 cm³/mol. The van der Waals surface area contributed by atoms with E-state index in [0.29, 0.717) is 30.8 Å². The van der Waals surface area contributed by atoms with Gasteiger partial charge in [0.15, 0.2) is 5.78 Å². The highest BCUT2D eigenvalue weighted by Crippen LogP contribution is 2.68. The van der Waals surface area contributed by atoms with Gasteiger partial charge in [0.2, 0.25) is 0 Å². The molecule has 0 unspecified atom stereocenters. The fourth-order valence-corrected chi connectivity index (χ4v) is 8.15. The molecule has 9 atom stereocenters. The summed E-state index contributed by atoms with van der Waals surface area (Å²) in [5.74, 6) is 2.30. The van der Waals surface area contributed by atoms with Crippen LogP contribution in [0.1, 0.15) is 66.2 Å². The van der Waals surface area contributed by atoms with E-state index in [1.165, 1.54) is 12.0 Å². The molecule has 2 N–H and O–H groups in total. The number of carbonyl (C=O) groups excluding carboxylic acids is 1. The summed E-state index contributed by atoms with van der Waals surface area (Å²) in [6.07, 6.45) is 7.67. The van der Waals surface area contributed by atoms with Crippen LogP contribution in [-0.2, 0) is 9.53 Å². The summed E-state index contributed by atoms with van der Waals surface area (Å²) in [6, 6.07) is 0. The van der Waals surface area contributed by atoms with Crippen molar-refractivity contribution in [3.05, 3.63) is 11.6 Å². The van der Waals surface area contributed by atoms with Crippen LogP contribution in [0.4, 0.5) is 0 Å². The van der Waals surface area contributed by atoms with E-state index in [2.05, 4.69) is 27.7 Å². The van der Waals surface area contributed by atoms with Crippen LogP contribution in [0, 0.1) is 40.4 Å². The van der Waals surface area contributed by atoms with Gasteiger partial charge < -0.3 is 14.9 Å². The number of ketones is 1. The second-order valence-electron chi connectivity index (χ2n) is 10.5. The molecule has 0 aromatic heterocycles. The van der Waals surface area contributed by atoms with Crippen molar-refractivity contribution in [3.8, 4) is 0 Å². The molecule has 158 valence electrons. The van der Waals surface area contributed by atoms with Crippen LogP contribution in [0.5, 0.6) is 0 Å². The number of aliphatic hydroxyl groups is 2. The number of allylic oxidation sites excluding steroid dienone is 1. The van der Waals surface area contributed by atoms with E-state index in [1.54, 1.807) is 0 Å². The van der Waals surface area contributed by atoms with E-state index in [4.69, 9.17) is 9.84 Å². The summed E-state index contributed by atoms with van der Waals surface area (Å²) in [5.41, 5.74) is 1.34. The lowest BCUT2D eigenvalue weighted by atomic mass is 9.43. The van der Waals surface area contributed by atoms with Gasteiger partial charge in [0.1, 0.15) is 0 Å². The van der Waals surface area contributed by atoms with Gasteiger partial charge in [0.05, 0.1) is 25.4 Å². The lowest BCUT2D eigenvalue weighted by Crippen LogP contribution is -2.61. The van der Waals surface area contributed by atoms with E-state index < -0.39 is 0 Å². The van der Waals surface area contributed by atoms with Crippen LogP contribution in [0.3, 0.4) is 0 Å². The Bertz CT molecular complexity index is 657. The highest BCUT2D eigenvalue weighted by molar-refractivity contribution is 5.91. The molecule has 4 nitrogen and oxygen atoms in total. The van der Waals surface area contributed by atoms with Crippen molar-refractivity contribution in [3.63, 3.8) is 0 Å². The second-order valence-corrected chi connectivity index (χ2v) is 10.5. The Morgan fingerprint density at radius 3 is 2.71 bits per heavy atom. The van der Waals surface area contributed by atoms with E-state index in [-0.39, 0.29) is 47.3 Å². The molecule has 3 saturated carbocycles. The third-order valence-electron chi connectivity index (χ3n) is 9.71. The number of fused-ring (bicyclic) bond motifs is 5. The molecule has 0 aromatic rings. The summed E-state index contributed by atoms with van der Waals surface area (Å²) in [5, 5.41) is 20.8. The topological polar surface area (TPSA) is 66.8 Å². The molecule has 4 rings (SSSR count). The zero-order chi connectivity index (χ0) is 20.3. The molecule has 0 aliphatic heterocycles. The Labute approximate surface area is 169 Å². The van der Waals surface area contributed by atoms with Gasteiger partial charge in [0.25, 0.3) is 0 Å². The molecule has 0 radical (unpaired) electrons. The maximum atomic E-state index is 12.0. The fraction of sp³-hybridized carbons (Fsp3) is 0.875. The predicted octanol–water partition coefficient (Wildman–Crippen LogP) is 3.75. The Hall–Kier alpha value is -0.710. The van der Waals surface area contributed by atoms with E-state index >= 15 is 0 Å². The van der Waals surface area contributed by atoms with Gasteiger partial charge in [0, 0.05) is 6.42 Å². The highest BCUT2D eigenvalue weighted by atomic mass is 16.5. The van der Waals surface area contributed by atoms with Gasteiger partial charge in [-0.2, -0.15) is 0 Å². The first kappa shape index (κ1) is 20.6. The SMILES string of the molecule is C[C@@H]1[C@H](O)[C@H]2[C@@H](CCC3=CC(=O)CC[C@@]32C)[C@@H]2CC[C@H]([C@@H](C)OCCO)[C@@]12C. The standard InChI is InChI=1S/C24H38O4/c1-14-22(27)21-18(6-5-16-13-17(26)9-10-23(16,21)3)20-8-7-19(24(14,20)4)15(2)28-12-11-25/h13-15,18-22,25,27H,5-12H2,1-4H3/t14-,15-,18+,19-,20+,21-,22+,23+,24-/m1/s1. The molecule has 3 fully saturated rings. The molecule has 0 heterocycles. The largest absolute Gasteiger partial charge is 0.394 e. The van der Waals surface area contributed by atoms with Gasteiger partial charge in [-0.25, -0.2) is 0 Å². The lowest BCUT2D eigenvalue weighted by Gasteiger charge is -2.62. The van der Waals surface area contributed by atoms with Crippen molar-refractivity contribution in [2.24, 2.45) is 40.4 Å². The number of ether oxygens (including phenoxy) is 1. The molecule has 0 spiro atoms. The number of hydrogen-bond donors (Lipinski definition) is 2. The molecule has 4 heteroatoms. The van der Waals surface area contributed by atoms with Crippen LogP contribution < -0.4 is 0 Å². The van der Waals surface area contributed by atoms with Crippen LogP contribution >= 0.6 is 0 Å². The van der Waals surface area contributed by atoms with Gasteiger partial charge in [-0.05, 0) is 85.5 Å². The van der Waals surface area contributed by atoms with Crippen LogP contribution in [0.2, 0.25) is 0 Å². The van der Waals surface area contributed by atoms with Crippen LogP contribution in [-0.4, -0.2) is 41.4 Å². The molecule has 0 aromatic carbocycles. The van der Waals surface area contributed by atoms with Gasteiger partial charge in [-0.1, -0.05) is 26.3 Å². The van der Waals surface area contributed by atoms with Crippen molar-refractivity contribution in [2.75, 3.05) is 13.2 Å². The van der Waals surface area contributed by atoms with Crippen molar-refractivity contribution in [1.82, 2.24) is 0 Å². The van der Waals surface area contributed by atoms with Gasteiger partial charge in [-0.3, -0.25) is 4.79 Å². The van der Waals surface area contributed by atoms with Crippen molar-refractivity contribution >= 4 is 5.78 Å². The van der Waals surface area contributed by atoms with E-state index in [0.717, 1.165) is 25.7 Å². The first-order chi connectivity index (χ1) is 13.2. The lowest BCUT2D eigenvalue weighted by molar-refractivity contribution is -0.178. The minimum Gasteiger partial charge on any atom is -0.394 e. The summed E-state index contributed by atoms with van der Waals surface area (Å²) in [4.78, 5) is 12.0. The Balaban J connectivity index is 1.67. The molecule has 4 aliphatic carbocycles. The third-order valence-corrected chi connectivity index (χ3v) is 9.71. The second kappa shape index (κ2) is 7.21. The highest BCUT2D eigenvalue weighted by Gasteiger charge is 2.65. The first-order valence-electron chi connectivity index (χ1n) is 11.4. The molecular formula is C24H38O4. The average Bonchev–Trinajstić information content (AvgIpc) is 3.02. The minimum absolute atomic E-state index is 0.0249. The smallest absolute Gasteiger partial charge is 0.155 e. The third kappa shape index (κ3) is 2.78. The van der Waals surface area contributed by atoms with E-state index in [9.17, 15) is 9.90 Å². The normalized spacial score (nSPS) is 49.1. The number of hydrogen-bond acceptors (Lipinski definition) is 4. The van der Waals surface area contributed by atoms with Gasteiger partial charge in [-0.15, -0.1) is 0 Å². The maximum Gasteiger partial charge on any atom is 0.155 e. The number of aliphatic hydroxyl groups excluding tert-OH is 2. The zero-order valence-corrected chi connectivity index (χ0v) is 18.0. The molecule has 0 saturated heterocycles. The maximum absolute atomic E-state index is 12.0. The Morgan fingerprint density at radius 2 is 2.00 bits per heavy atom. The zero-order valence-electron chi connectivity index (χ0n) is 18.0. The Morgan fingerprint density at radius 1 is 1.25 bits per heavy atom.